The van der Waals surface area contributed by atoms with Crippen LogP contribution < -0.4 is 0 Å². The molecule has 0 rings (SSSR count). The average molecular weight is 868 g/mol. The second-order valence-corrected chi connectivity index (χ2v) is 55.1. The maximum Gasteiger partial charge on any atom is 0.469 e. The summed E-state index contributed by atoms with van der Waals surface area (Å²) in [5.74, 6) is 0. The van der Waals surface area contributed by atoms with Crippen molar-refractivity contribution in [3.05, 3.63) is 0 Å². The smallest absolute Gasteiger partial charge is 0.437 e. The molecule has 0 aliphatic heterocycles. The molecule has 0 atom stereocenters. The summed E-state index contributed by atoms with van der Waals surface area (Å²) in [6.45, 7) is 46.6. The normalized spacial score (nSPS) is 13.6. The van der Waals surface area contributed by atoms with Crippen LogP contribution in [0.1, 0.15) is 52.0 Å². The lowest BCUT2D eigenvalue weighted by Crippen LogP contribution is -2.65. The van der Waals surface area contributed by atoms with Crippen LogP contribution in [0, 0.1) is 0 Å². The molecule has 0 amide bonds. The van der Waals surface area contributed by atoms with Gasteiger partial charge in [0.15, 0.2) is 25.0 Å². The van der Waals surface area contributed by atoms with Crippen LogP contribution in [0.4, 0.5) is 0 Å². The Morgan fingerprint density at radius 3 is 0.500 bits per heavy atom. The Hall–Kier alpha value is 1.81. The van der Waals surface area contributed by atoms with Gasteiger partial charge in [-0.05, 0) is 137 Å². The highest BCUT2D eigenvalue weighted by Gasteiger charge is 2.53. The van der Waals surface area contributed by atoms with E-state index < -0.39 is 85.1 Å². The minimum absolute atomic E-state index is 0. The SMILES string of the molecule is C.C.C.C.C.C.C.C[Si](C)(C)O[Si](C)(C)O[Si](C)(C)O[Si](C)(C)O[Si](C)(O[Si](C)(C)C)O[Si](C)(C)O[Si](C)(C)O[Si](C)(C)O[Si](C)(C)C. The van der Waals surface area contributed by atoms with E-state index in [1.165, 1.54) is 0 Å². The lowest BCUT2D eigenvalue weighted by atomic mass is 11.8. The molecule has 0 bridgehead atoms. The van der Waals surface area contributed by atoms with E-state index >= 15 is 0 Å². The molecular weight excluding hydrogens is 773 g/mol. The van der Waals surface area contributed by atoms with Crippen molar-refractivity contribution >= 4 is 85.1 Å². The van der Waals surface area contributed by atoms with E-state index in [1.807, 2.05) is 6.55 Å². The van der Waals surface area contributed by atoms with Crippen molar-refractivity contribution in [3.8, 4) is 0 Å². The lowest BCUT2D eigenvalue weighted by Gasteiger charge is -2.45. The van der Waals surface area contributed by atoms with E-state index in [-0.39, 0.29) is 52.0 Å². The van der Waals surface area contributed by atoms with E-state index in [1.54, 1.807) is 0 Å². The van der Waals surface area contributed by atoms with Crippen molar-refractivity contribution in [2.75, 3.05) is 0 Å². The van der Waals surface area contributed by atoms with Gasteiger partial charge in [-0.25, -0.2) is 0 Å². The third-order valence-electron chi connectivity index (χ3n) is 4.42. The van der Waals surface area contributed by atoms with Crippen molar-refractivity contribution in [3.63, 3.8) is 0 Å². The van der Waals surface area contributed by atoms with Gasteiger partial charge >= 0.3 is 60.2 Å². The van der Waals surface area contributed by atoms with E-state index in [2.05, 4.69) is 137 Å². The zero-order valence-corrected chi connectivity index (χ0v) is 40.7. The molecule has 0 radical (unpaired) electrons. The van der Waals surface area contributed by atoms with Gasteiger partial charge in [0.1, 0.15) is 0 Å². The van der Waals surface area contributed by atoms with Gasteiger partial charge < -0.3 is 37.0 Å². The maximum absolute atomic E-state index is 6.87. The van der Waals surface area contributed by atoms with Crippen molar-refractivity contribution in [1.82, 2.24) is 0 Å². The van der Waals surface area contributed by atoms with Crippen LogP contribution in [0.5, 0.6) is 0 Å². The van der Waals surface area contributed by atoms with Crippen LogP contribution in [0.2, 0.25) is 144 Å². The van der Waals surface area contributed by atoms with Crippen LogP contribution in [-0.2, 0) is 37.0 Å². The lowest BCUT2D eigenvalue weighted by molar-refractivity contribution is 0.202. The molecule has 304 valence electrons. The Morgan fingerprint density at radius 2 is 0.333 bits per heavy atom. The molecule has 48 heavy (non-hydrogen) atoms. The second kappa shape index (κ2) is 22.3. The summed E-state index contributed by atoms with van der Waals surface area (Å²) in [4.78, 5) is 0. The van der Waals surface area contributed by atoms with Crippen molar-refractivity contribution in [2.45, 2.75) is 196 Å². The molecule has 0 aromatic heterocycles. The fourth-order valence-corrected chi connectivity index (χ4v) is 52.7. The Labute approximate surface area is 316 Å². The first kappa shape index (κ1) is 67.9. The zero-order chi connectivity index (χ0) is 33.4. The third-order valence-corrected chi connectivity index (χ3v) is 39.8. The van der Waals surface area contributed by atoms with Gasteiger partial charge in [-0.15, -0.1) is 0 Å². The summed E-state index contributed by atoms with van der Waals surface area (Å²) in [5.41, 5.74) is 0. The Morgan fingerprint density at radius 1 is 0.188 bits per heavy atom. The summed E-state index contributed by atoms with van der Waals surface area (Å²) in [6, 6.07) is 0. The van der Waals surface area contributed by atoms with Crippen LogP contribution in [0.15, 0.2) is 0 Å². The highest BCUT2D eigenvalue weighted by molar-refractivity contribution is 6.93. The maximum atomic E-state index is 6.87. The van der Waals surface area contributed by atoms with Gasteiger partial charge in [0.25, 0.3) is 0 Å². The van der Waals surface area contributed by atoms with Crippen LogP contribution in [0.3, 0.4) is 0 Å². The second-order valence-electron chi connectivity index (χ2n) is 16.5. The quantitative estimate of drug-likeness (QED) is 0.125. The summed E-state index contributed by atoms with van der Waals surface area (Å²) in [5, 5.41) is 0. The fourth-order valence-electron chi connectivity index (χ4n) is 5.48. The van der Waals surface area contributed by atoms with E-state index in [9.17, 15) is 0 Å². The first-order valence-electron chi connectivity index (χ1n) is 14.7. The van der Waals surface area contributed by atoms with Gasteiger partial charge in [0.05, 0.1) is 0 Å². The molecule has 0 N–H and O–H groups in total. The first-order chi connectivity index (χ1) is 17.4. The van der Waals surface area contributed by atoms with Crippen LogP contribution in [0.25, 0.3) is 0 Å². The number of hydrogen-bond donors (Lipinski definition) is 0. The number of rotatable bonds is 18. The largest absolute Gasteiger partial charge is 0.469 e. The van der Waals surface area contributed by atoms with E-state index in [4.69, 9.17) is 37.0 Å². The van der Waals surface area contributed by atoms with E-state index in [0.717, 1.165) is 0 Å². The van der Waals surface area contributed by atoms with E-state index in [0.29, 0.717) is 0 Å². The Bertz CT molecular complexity index is 796. The molecule has 0 fully saturated rings. The molecule has 0 aliphatic carbocycles. The van der Waals surface area contributed by atoms with Gasteiger partial charge in [0, 0.05) is 6.55 Å². The first-order valence-corrected chi connectivity index (χ1v) is 44.0. The van der Waals surface area contributed by atoms with Gasteiger partial charge in [-0.3, -0.25) is 0 Å². The summed E-state index contributed by atoms with van der Waals surface area (Å²) in [7, 11) is -24.3. The molecule has 0 aromatic rings. The fraction of sp³-hybridized carbons (Fsp3) is 1.00. The van der Waals surface area contributed by atoms with Crippen molar-refractivity contribution in [1.29, 1.82) is 0 Å². The molecule has 0 saturated heterocycles. The van der Waals surface area contributed by atoms with Gasteiger partial charge in [-0.1, -0.05) is 52.0 Å². The van der Waals surface area contributed by atoms with Gasteiger partial charge in [0.2, 0.25) is 0 Å². The molecule has 19 heteroatoms. The highest BCUT2D eigenvalue weighted by Crippen LogP contribution is 2.31. The monoisotopic (exact) mass is 866 g/mol. The summed E-state index contributed by atoms with van der Waals surface area (Å²) >= 11 is 0. The summed E-state index contributed by atoms with van der Waals surface area (Å²) < 4.78 is 60.1. The van der Waals surface area contributed by atoms with Crippen LogP contribution in [-0.4, -0.2) is 85.1 Å². The van der Waals surface area contributed by atoms with Gasteiger partial charge in [-0.2, -0.15) is 0 Å². The molecule has 9 nitrogen and oxygen atoms in total. The zero-order valence-electron chi connectivity index (χ0n) is 30.7. The Kier molecular flexibility index (Phi) is 31.5. The molecular formula is C29H94O9Si10. The standard InChI is InChI=1S/C22H66O9Si10.7CH4/c1-32(2,3)23-35(10,11)26-37(14,15)28-39(18,19)30-41(22,25-34(7,8)9)31-40(20,21)29-38(16,17)27-36(12,13)24-33(4,5)6;;;;;;;/h1-22H3;7*1H4. The Balaban J connectivity index is -0.000000381. The molecule has 0 saturated carbocycles. The topological polar surface area (TPSA) is 83.1 Å². The molecule has 0 aliphatic rings. The predicted octanol–water partition coefficient (Wildman–Crippen LogP) is 12.9. The minimum Gasteiger partial charge on any atom is -0.437 e. The molecule has 0 unspecified atom stereocenters. The molecule has 0 heterocycles. The van der Waals surface area contributed by atoms with Crippen molar-refractivity contribution in [2.24, 2.45) is 0 Å². The average Bonchev–Trinajstić information content (AvgIpc) is 2.37. The van der Waals surface area contributed by atoms with Crippen molar-refractivity contribution < 1.29 is 37.0 Å². The predicted molar refractivity (Wildman–Crippen MR) is 243 cm³/mol. The molecule has 0 aromatic carbocycles. The summed E-state index contributed by atoms with van der Waals surface area (Å²) in [6.07, 6.45) is 0. The van der Waals surface area contributed by atoms with Crippen LogP contribution >= 0.6 is 0 Å². The number of hydrogen-bond acceptors (Lipinski definition) is 9. The third kappa shape index (κ3) is 33.6. The molecule has 0 spiro atoms. The minimum atomic E-state index is -3.21. The highest BCUT2D eigenvalue weighted by atomic mass is 28.5.